The molecule has 2 N–H and O–H groups in total. The first-order valence-electron chi connectivity index (χ1n) is 6.84. The predicted octanol–water partition coefficient (Wildman–Crippen LogP) is -0.284. The summed E-state index contributed by atoms with van der Waals surface area (Å²) in [5.74, 6) is 0.582. The van der Waals surface area contributed by atoms with Crippen molar-refractivity contribution in [3.63, 3.8) is 0 Å². The first-order chi connectivity index (χ1) is 9.94. The Hall–Kier alpha value is -1.67. The Morgan fingerprint density at radius 2 is 2.29 bits per heavy atom. The Kier molecular flexibility index (Phi) is 5.13. The lowest BCUT2D eigenvalue weighted by Gasteiger charge is -2.33. The molecule has 1 aliphatic heterocycles. The van der Waals surface area contributed by atoms with Crippen LogP contribution in [-0.2, 0) is 14.8 Å². The van der Waals surface area contributed by atoms with E-state index in [-0.39, 0.29) is 18.5 Å². The monoisotopic (exact) mass is 312 g/mol. The maximum absolute atomic E-state index is 11.7. The lowest BCUT2D eigenvalue weighted by atomic mass is 10.1. The van der Waals surface area contributed by atoms with Gasteiger partial charge in [0.1, 0.15) is 5.82 Å². The highest BCUT2D eigenvalue weighted by atomic mass is 32.2. The first-order valence-corrected chi connectivity index (χ1v) is 8.73. The van der Waals surface area contributed by atoms with Crippen LogP contribution in [0.3, 0.4) is 0 Å². The third-order valence-corrected chi connectivity index (χ3v) is 3.92. The first kappa shape index (κ1) is 15.7. The number of hydrogen-bond donors (Lipinski definition) is 2. The van der Waals surface area contributed by atoms with E-state index >= 15 is 0 Å². The summed E-state index contributed by atoms with van der Waals surface area (Å²) in [7, 11) is -3.35. The van der Waals surface area contributed by atoms with Crippen LogP contribution < -0.4 is 14.9 Å². The number of carbonyl (C=O) groups is 1. The molecule has 0 radical (unpaired) electrons. The number of sulfonamides is 1. The van der Waals surface area contributed by atoms with Crippen LogP contribution in [0.2, 0.25) is 0 Å². The molecule has 1 aromatic heterocycles. The van der Waals surface area contributed by atoms with Crippen molar-refractivity contribution in [2.24, 2.45) is 0 Å². The van der Waals surface area contributed by atoms with Gasteiger partial charge in [0.05, 0.1) is 12.8 Å². The molecule has 0 saturated carbocycles. The van der Waals surface area contributed by atoms with Gasteiger partial charge in [0.25, 0.3) is 0 Å². The number of hydrogen-bond acceptors (Lipinski definition) is 5. The molecule has 116 valence electrons. The molecule has 0 aromatic carbocycles. The number of nitrogens with zero attached hydrogens (tertiary/aromatic N) is 2. The van der Waals surface area contributed by atoms with E-state index in [1.165, 1.54) is 0 Å². The number of aromatic nitrogens is 1. The van der Waals surface area contributed by atoms with Crippen LogP contribution in [0.4, 0.5) is 5.82 Å². The minimum atomic E-state index is -3.35. The molecule has 1 saturated heterocycles. The van der Waals surface area contributed by atoms with Gasteiger partial charge >= 0.3 is 0 Å². The van der Waals surface area contributed by atoms with Crippen molar-refractivity contribution in [3.8, 4) is 0 Å². The second kappa shape index (κ2) is 6.86. The quantitative estimate of drug-likeness (QED) is 0.780. The lowest BCUT2D eigenvalue weighted by molar-refractivity contribution is -0.120. The Morgan fingerprint density at radius 3 is 2.95 bits per heavy atom. The lowest BCUT2D eigenvalue weighted by Crippen LogP contribution is -2.50. The summed E-state index contributed by atoms with van der Waals surface area (Å²) in [6.45, 7) is 1.37. The van der Waals surface area contributed by atoms with Crippen molar-refractivity contribution in [1.82, 2.24) is 15.0 Å². The van der Waals surface area contributed by atoms with Crippen molar-refractivity contribution in [3.05, 3.63) is 24.4 Å². The topological polar surface area (TPSA) is 91.4 Å². The largest absolute Gasteiger partial charge is 0.355 e. The van der Waals surface area contributed by atoms with Crippen molar-refractivity contribution in [1.29, 1.82) is 0 Å². The fourth-order valence-corrected chi connectivity index (χ4v) is 2.71. The van der Waals surface area contributed by atoms with Gasteiger partial charge in [-0.3, -0.25) is 4.79 Å². The fourth-order valence-electron chi connectivity index (χ4n) is 2.32. The highest BCUT2D eigenvalue weighted by molar-refractivity contribution is 7.88. The second-order valence-electron chi connectivity index (χ2n) is 5.13. The Balaban J connectivity index is 1.85. The molecule has 1 unspecified atom stereocenters. The van der Waals surface area contributed by atoms with E-state index in [0.29, 0.717) is 6.54 Å². The number of anilines is 1. The van der Waals surface area contributed by atoms with Crippen LogP contribution in [-0.4, -0.2) is 51.2 Å². The Bertz CT molecular complexity index is 576. The molecule has 1 fully saturated rings. The summed E-state index contributed by atoms with van der Waals surface area (Å²) in [5.41, 5.74) is 0. The van der Waals surface area contributed by atoms with Gasteiger partial charge in [-0.1, -0.05) is 6.07 Å². The van der Waals surface area contributed by atoms with E-state index in [2.05, 4.69) is 19.9 Å². The van der Waals surface area contributed by atoms with Crippen LogP contribution >= 0.6 is 0 Å². The van der Waals surface area contributed by atoms with Crippen LogP contribution in [0.15, 0.2) is 24.4 Å². The summed E-state index contributed by atoms with van der Waals surface area (Å²) in [6.07, 6.45) is 4.62. The number of amides is 1. The summed E-state index contributed by atoms with van der Waals surface area (Å²) >= 11 is 0. The van der Waals surface area contributed by atoms with Crippen LogP contribution in [0.25, 0.3) is 0 Å². The minimum Gasteiger partial charge on any atom is -0.355 e. The molecule has 1 amide bonds. The molecule has 2 heterocycles. The van der Waals surface area contributed by atoms with Gasteiger partial charge in [-0.05, 0) is 25.0 Å². The highest BCUT2D eigenvalue weighted by Gasteiger charge is 2.22. The maximum Gasteiger partial charge on any atom is 0.235 e. The van der Waals surface area contributed by atoms with Gasteiger partial charge in [0, 0.05) is 25.3 Å². The van der Waals surface area contributed by atoms with E-state index in [1.54, 1.807) is 6.20 Å². The average molecular weight is 312 g/mol. The van der Waals surface area contributed by atoms with E-state index in [1.807, 2.05) is 18.2 Å². The summed E-state index contributed by atoms with van der Waals surface area (Å²) in [4.78, 5) is 18.2. The predicted molar refractivity (Wildman–Crippen MR) is 80.5 cm³/mol. The minimum absolute atomic E-state index is 0.00890. The second-order valence-corrected chi connectivity index (χ2v) is 6.97. The molecule has 7 nitrogen and oxygen atoms in total. The van der Waals surface area contributed by atoms with E-state index in [0.717, 1.165) is 31.5 Å². The van der Waals surface area contributed by atoms with E-state index in [4.69, 9.17) is 0 Å². The van der Waals surface area contributed by atoms with Crippen LogP contribution in [0.1, 0.15) is 12.8 Å². The molecule has 0 aliphatic carbocycles. The van der Waals surface area contributed by atoms with Crippen LogP contribution in [0.5, 0.6) is 0 Å². The van der Waals surface area contributed by atoms with Crippen molar-refractivity contribution in [2.75, 3.05) is 30.8 Å². The summed E-state index contributed by atoms with van der Waals surface area (Å²) in [5, 5.41) is 2.86. The number of pyridine rings is 1. The van der Waals surface area contributed by atoms with E-state index < -0.39 is 10.0 Å². The third kappa shape index (κ3) is 5.31. The molecule has 0 spiro atoms. The van der Waals surface area contributed by atoms with Gasteiger partial charge in [-0.25, -0.2) is 18.1 Å². The zero-order valence-electron chi connectivity index (χ0n) is 11.9. The summed E-state index contributed by atoms with van der Waals surface area (Å²) < 4.78 is 24.1. The van der Waals surface area contributed by atoms with Gasteiger partial charge in [-0.2, -0.15) is 0 Å². The number of nitrogens with one attached hydrogen (secondary N) is 2. The van der Waals surface area contributed by atoms with Crippen molar-refractivity contribution in [2.45, 2.75) is 18.9 Å². The fraction of sp³-hybridized carbons (Fsp3) is 0.538. The van der Waals surface area contributed by atoms with Crippen molar-refractivity contribution >= 4 is 21.7 Å². The standard InChI is InChI=1S/C13H20N4O3S/c1-21(19,20)15-9-13(18)16-11-5-4-8-17(10-11)12-6-2-3-7-14-12/h2-3,6-7,11,15H,4-5,8-10H2,1H3,(H,16,18). The zero-order chi connectivity index (χ0) is 15.3. The molecule has 2 rings (SSSR count). The van der Waals surface area contributed by atoms with Gasteiger partial charge in [0.15, 0.2) is 0 Å². The molecule has 8 heteroatoms. The molecule has 1 aromatic rings. The smallest absolute Gasteiger partial charge is 0.235 e. The Morgan fingerprint density at radius 1 is 1.48 bits per heavy atom. The molecule has 21 heavy (non-hydrogen) atoms. The Labute approximate surface area is 124 Å². The zero-order valence-corrected chi connectivity index (χ0v) is 12.8. The SMILES string of the molecule is CS(=O)(=O)NCC(=O)NC1CCCN(c2ccccn2)C1. The molecular formula is C13H20N4O3S. The normalized spacial score (nSPS) is 19.3. The van der Waals surface area contributed by atoms with Gasteiger partial charge in [0.2, 0.25) is 15.9 Å². The van der Waals surface area contributed by atoms with Crippen LogP contribution in [0, 0.1) is 0 Å². The van der Waals surface area contributed by atoms with Gasteiger partial charge < -0.3 is 10.2 Å². The molecule has 1 atom stereocenters. The summed E-state index contributed by atoms with van der Waals surface area (Å²) in [6, 6.07) is 5.74. The number of piperidine rings is 1. The maximum atomic E-state index is 11.7. The molecular weight excluding hydrogens is 292 g/mol. The van der Waals surface area contributed by atoms with Gasteiger partial charge in [-0.15, -0.1) is 0 Å². The number of rotatable bonds is 5. The highest BCUT2D eigenvalue weighted by Crippen LogP contribution is 2.16. The van der Waals surface area contributed by atoms with E-state index in [9.17, 15) is 13.2 Å². The number of carbonyl (C=O) groups excluding carboxylic acids is 1. The molecule has 1 aliphatic rings. The van der Waals surface area contributed by atoms with Crippen molar-refractivity contribution < 1.29 is 13.2 Å². The third-order valence-electron chi connectivity index (χ3n) is 3.25. The average Bonchev–Trinajstić information content (AvgIpc) is 2.46. The molecule has 0 bridgehead atoms.